The van der Waals surface area contributed by atoms with Gasteiger partial charge in [0.2, 0.25) is 0 Å². The molecule has 1 aromatic carbocycles. The van der Waals surface area contributed by atoms with Crippen LogP contribution in [0.25, 0.3) is 0 Å². The molecule has 3 heteroatoms. The Morgan fingerprint density at radius 2 is 1.54 bits per heavy atom. The maximum Gasteiger partial charge on any atom is 0.0476 e. The van der Waals surface area contributed by atoms with Crippen molar-refractivity contribution in [3.8, 4) is 0 Å². The quantitative estimate of drug-likeness (QED) is 0.666. The second kappa shape index (κ2) is 10.3. The SMILES string of the molecule is C=C(C)C1CCOCC1.Cc1ccc(SC2CCOCC2)cc1C. The van der Waals surface area contributed by atoms with Gasteiger partial charge in [-0.05, 0) is 75.6 Å². The fraction of sp³-hybridized carbons (Fsp3) is 0.619. The zero-order chi connectivity index (χ0) is 17.4. The molecule has 1 aromatic rings. The molecule has 0 spiro atoms. The summed E-state index contributed by atoms with van der Waals surface area (Å²) in [4.78, 5) is 1.41. The second-order valence-corrected chi connectivity index (χ2v) is 8.28. The molecule has 3 rings (SSSR count). The predicted octanol–water partition coefficient (Wildman–Crippen LogP) is 5.56. The first-order valence-corrected chi connectivity index (χ1v) is 9.99. The molecule has 0 atom stereocenters. The van der Waals surface area contributed by atoms with Gasteiger partial charge in [0.1, 0.15) is 0 Å². The van der Waals surface area contributed by atoms with E-state index in [2.05, 4.69) is 45.5 Å². The number of aryl methyl sites for hydroxylation is 2. The molecule has 0 unspecified atom stereocenters. The third kappa shape index (κ3) is 6.62. The van der Waals surface area contributed by atoms with Crippen LogP contribution in [0.3, 0.4) is 0 Å². The zero-order valence-corrected chi connectivity index (χ0v) is 16.3. The van der Waals surface area contributed by atoms with Crippen LogP contribution in [0, 0.1) is 19.8 Å². The van der Waals surface area contributed by atoms with Crippen molar-refractivity contribution in [2.75, 3.05) is 26.4 Å². The molecule has 2 saturated heterocycles. The zero-order valence-electron chi connectivity index (χ0n) is 15.5. The average molecular weight is 349 g/mol. The van der Waals surface area contributed by atoms with Crippen molar-refractivity contribution in [3.05, 3.63) is 41.5 Å². The van der Waals surface area contributed by atoms with Gasteiger partial charge in [-0.3, -0.25) is 0 Å². The van der Waals surface area contributed by atoms with E-state index in [1.54, 1.807) is 0 Å². The molecule has 2 aliphatic heterocycles. The van der Waals surface area contributed by atoms with Gasteiger partial charge >= 0.3 is 0 Å². The van der Waals surface area contributed by atoms with Crippen LogP contribution in [0.4, 0.5) is 0 Å². The Bertz CT molecular complexity index is 515. The van der Waals surface area contributed by atoms with Crippen molar-refractivity contribution in [3.63, 3.8) is 0 Å². The molecule has 0 N–H and O–H groups in total. The molecule has 0 saturated carbocycles. The van der Waals surface area contributed by atoms with E-state index >= 15 is 0 Å². The summed E-state index contributed by atoms with van der Waals surface area (Å²) < 4.78 is 10.6. The lowest BCUT2D eigenvalue weighted by atomic mass is 9.94. The highest BCUT2D eigenvalue weighted by atomic mass is 32.2. The van der Waals surface area contributed by atoms with Gasteiger partial charge in [0, 0.05) is 36.6 Å². The maximum atomic E-state index is 5.37. The summed E-state index contributed by atoms with van der Waals surface area (Å²) in [7, 11) is 0. The topological polar surface area (TPSA) is 18.5 Å². The Balaban J connectivity index is 0.000000198. The van der Waals surface area contributed by atoms with Gasteiger partial charge in [-0.2, -0.15) is 0 Å². The van der Waals surface area contributed by atoms with Crippen LogP contribution in [0.5, 0.6) is 0 Å². The van der Waals surface area contributed by atoms with E-state index in [0.29, 0.717) is 0 Å². The third-order valence-electron chi connectivity index (χ3n) is 4.87. The van der Waals surface area contributed by atoms with Crippen LogP contribution < -0.4 is 0 Å². The molecule has 0 amide bonds. The van der Waals surface area contributed by atoms with Gasteiger partial charge in [0.05, 0.1) is 0 Å². The summed E-state index contributed by atoms with van der Waals surface area (Å²) in [6, 6.07) is 6.76. The molecule has 0 radical (unpaired) electrons. The Morgan fingerprint density at radius 1 is 0.958 bits per heavy atom. The van der Waals surface area contributed by atoms with E-state index in [1.165, 1.54) is 47.3 Å². The molecule has 2 aliphatic rings. The van der Waals surface area contributed by atoms with E-state index in [9.17, 15) is 0 Å². The van der Waals surface area contributed by atoms with E-state index in [1.807, 2.05) is 11.8 Å². The highest BCUT2D eigenvalue weighted by Gasteiger charge is 2.15. The van der Waals surface area contributed by atoms with Crippen LogP contribution in [-0.4, -0.2) is 31.7 Å². The van der Waals surface area contributed by atoms with Crippen LogP contribution in [0.15, 0.2) is 35.2 Å². The lowest BCUT2D eigenvalue weighted by molar-refractivity contribution is 0.0759. The molecule has 24 heavy (non-hydrogen) atoms. The van der Waals surface area contributed by atoms with Crippen LogP contribution in [0.2, 0.25) is 0 Å². The fourth-order valence-electron chi connectivity index (χ4n) is 2.96. The minimum Gasteiger partial charge on any atom is -0.381 e. The third-order valence-corrected chi connectivity index (χ3v) is 6.20. The van der Waals surface area contributed by atoms with E-state index in [4.69, 9.17) is 9.47 Å². The van der Waals surface area contributed by atoms with Crippen molar-refractivity contribution < 1.29 is 9.47 Å². The highest BCUT2D eigenvalue weighted by molar-refractivity contribution is 8.00. The minimum absolute atomic E-state index is 0.735. The number of thioether (sulfide) groups is 1. The Kier molecular flexibility index (Phi) is 8.37. The Labute approximate surface area is 152 Å². The maximum absolute atomic E-state index is 5.37. The second-order valence-electron chi connectivity index (χ2n) is 6.91. The predicted molar refractivity (Wildman–Crippen MR) is 104 cm³/mol. The van der Waals surface area contributed by atoms with Crippen molar-refractivity contribution in [2.45, 2.75) is 56.6 Å². The molecular weight excluding hydrogens is 316 g/mol. The van der Waals surface area contributed by atoms with Crippen LogP contribution in [0.1, 0.15) is 43.7 Å². The number of ether oxygens (including phenoxy) is 2. The largest absolute Gasteiger partial charge is 0.381 e. The molecule has 2 heterocycles. The summed E-state index contributed by atoms with van der Waals surface area (Å²) in [6.07, 6.45) is 4.74. The summed E-state index contributed by atoms with van der Waals surface area (Å²) in [6.45, 7) is 14.1. The standard InChI is InChI=1S/C13H18OS.C8H14O/c1-10-3-4-13(9-11(10)2)15-12-5-7-14-8-6-12;1-7(2)8-3-5-9-6-4-8/h3-4,9,12H,5-8H2,1-2H3;8H,1,3-6H2,2H3. The van der Waals surface area contributed by atoms with Crippen LogP contribution >= 0.6 is 11.8 Å². The highest BCUT2D eigenvalue weighted by Crippen LogP contribution is 2.30. The summed E-state index contributed by atoms with van der Waals surface area (Å²) in [5.74, 6) is 0.735. The lowest BCUT2D eigenvalue weighted by Gasteiger charge is -2.21. The lowest BCUT2D eigenvalue weighted by Crippen LogP contribution is -2.17. The molecule has 0 aromatic heterocycles. The van der Waals surface area contributed by atoms with Crippen LogP contribution in [-0.2, 0) is 9.47 Å². The monoisotopic (exact) mass is 348 g/mol. The summed E-state index contributed by atoms with van der Waals surface area (Å²) in [5, 5.41) is 0.751. The summed E-state index contributed by atoms with van der Waals surface area (Å²) >= 11 is 2.01. The van der Waals surface area contributed by atoms with Gasteiger partial charge in [-0.1, -0.05) is 18.2 Å². The normalized spacial score (nSPS) is 19.5. The minimum atomic E-state index is 0.735. The molecular formula is C21H32O2S. The first-order valence-electron chi connectivity index (χ1n) is 9.11. The fourth-order valence-corrected chi connectivity index (χ4v) is 4.17. The van der Waals surface area contributed by atoms with Crippen molar-refractivity contribution >= 4 is 11.8 Å². The Hall–Kier alpha value is -0.770. The number of benzene rings is 1. The number of rotatable bonds is 3. The molecule has 0 bridgehead atoms. The van der Waals surface area contributed by atoms with Crippen molar-refractivity contribution in [1.82, 2.24) is 0 Å². The molecule has 2 nitrogen and oxygen atoms in total. The van der Waals surface area contributed by atoms with E-state index < -0.39 is 0 Å². The first kappa shape index (κ1) is 19.6. The Morgan fingerprint density at radius 3 is 2.04 bits per heavy atom. The van der Waals surface area contributed by atoms with Crippen molar-refractivity contribution in [2.24, 2.45) is 5.92 Å². The number of hydrogen-bond donors (Lipinski definition) is 0. The van der Waals surface area contributed by atoms with E-state index in [0.717, 1.165) is 37.6 Å². The number of hydrogen-bond acceptors (Lipinski definition) is 3. The average Bonchev–Trinajstić information content (AvgIpc) is 2.60. The smallest absolute Gasteiger partial charge is 0.0476 e. The van der Waals surface area contributed by atoms with Gasteiger partial charge < -0.3 is 9.47 Å². The molecule has 0 aliphatic carbocycles. The molecule has 2 fully saturated rings. The van der Waals surface area contributed by atoms with Gasteiger partial charge in [-0.25, -0.2) is 0 Å². The first-order chi connectivity index (χ1) is 11.6. The van der Waals surface area contributed by atoms with Gasteiger partial charge in [0.25, 0.3) is 0 Å². The van der Waals surface area contributed by atoms with E-state index in [-0.39, 0.29) is 0 Å². The van der Waals surface area contributed by atoms with Gasteiger partial charge in [-0.15, -0.1) is 11.8 Å². The molecule has 134 valence electrons. The van der Waals surface area contributed by atoms with Gasteiger partial charge in [0.15, 0.2) is 0 Å². The summed E-state index contributed by atoms with van der Waals surface area (Å²) in [5.41, 5.74) is 4.09. The number of allylic oxidation sites excluding steroid dienone is 1. The van der Waals surface area contributed by atoms with Crippen molar-refractivity contribution in [1.29, 1.82) is 0 Å².